The number of nitrogens with zero attached hydrogens (tertiary/aromatic N) is 1. The van der Waals surface area contributed by atoms with Crippen molar-refractivity contribution in [1.29, 1.82) is 0 Å². The van der Waals surface area contributed by atoms with E-state index < -0.39 is 0 Å². The fraction of sp³-hybridized carbons (Fsp3) is 0.500. The van der Waals surface area contributed by atoms with E-state index in [2.05, 4.69) is 0 Å². The van der Waals surface area contributed by atoms with Crippen molar-refractivity contribution in [3.63, 3.8) is 0 Å². The van der Waals surface area contributed by atoms with Crippen LogP contribution in [0, 0.1) is 6.92 Å². The number of benzene rings is 1. The second-order valence-corrected chi connectivity index (χ2v) is 4.69. The maximum Gasteiger partial charge on any atom is 0.260 e. The van der Waals surface area contributed by atoms with Crippen LogP contribution in [0.25, 0.3) is 0 Å². The first-order valence-corrected chi connectivity index (χ1v) is 6.40. The number of rotatable bonds is 5. The highest BCUT2D eigenvalue weighted by molar-refractivity contribution is 5.78. The van der Waals surface area contributed by atoms with Gasteiger partial charge in [-0.1, -0.05) is 12.1 Å². The first-order valence-electron chi connectivity index (χ1n) is 6.40. The second-order valence-electron chi connectivity index (χ2n) is 4.69. The van der Waals surface area contributed by atoms with Crippen LogP contribution in [0.1, 0.15) is 25.3 Å². The van der Waals surface area contributed by atoms with E-state index in [0.717, 1.165) is 24.9 Å². The van der Waals surface area contributed by atoms with Crippen molar-refractivity contribution in [2.24, 2.45) is 0 Å². The molecule has 1 aromatic rings. The van der Waals surface area contributed by atoms with Crippen LogP contribution in [-0.2, 0) is 4.79 Å². The largest absolute Gasteiger partial charge is 0.482 e. The molecule has 0 heterocycles. The Balaban J connectivity index is 1.94. The van der Waals surface area contributed by atoms with Crippen molar-refractivity contribution in [2.75, 3.05) is 18.9 Å². The van der Waals surface area contributed by atoms with Crippen LogP contribution >= 0.6 is 0 Å². The van der Waals surface area contributed by atoms with E-state index in [-0.39, 0.29) is 12.5 Å². The summed E-state index contributed by atoms with van der Waals surface area (Å²) in [4.78, 5) is 13.9. The summed E-state index contributed by atoms with van der Waals surface area (Å²) in [6.07, 6.45) is 2.23. The Morgan fingerprint density at radius 1 is 1.50 bits per heavy atom. The molecule has 2 N–H and O–H groups in total. The first kappa shape index (κ1) is 12.7. The number of carbonyl (C=O) groups is 1. The fourth-order valence-electron chi connectivity index (χ4n) is 2.03. The summed E-state index contributed by atoms with van der Waals surface area (Å²) >= 11 is 0. The van der Waals surface area contributed by atoms with Gasteiger partial charge < -0.3 is 15.4 Å². The number of carbonyl (C=O) groups excluding carboxylic acids is 1. The lowest BCUT2D eigenvalue weighted by molar-refractivity contribution is -0.133. The van der Waals surface area contributed by atoms with Gasteiger partial charge in [-0.3, -0.25) is 4.79 Å². The molecular weight excluding hydrogens is 228 g/mol. The third-order valence-corrected chi connectivity index (χ3v) is 3.28. The lowest BCUT2D eigenvalue weighted by Gasteiger charge is -2.20. The maximum atomic E-state index is 12.0. The van der Waals surface area contributed by atoms with Crippen LogP contribution in [0.3, 0.4) is 0 Å². The van der Waals surface area contributed by atoms with Gasteiger partial charge in [-0.15, -0.1) is 0 Å². The highest BCUT2D eigenvalue weighted by Gasteiger charge is 2.31. The summed E-state index contributed by atoms with van der Waals surface area (Å²) in [6, 6.07) is 6.03. The van der Waals surface area contributed by atoms with E-state index in [1.54, 1.807) is 6.07 Å². The quantitative estimate of drug-likeness (QED) is 0.810. The van der Waals surface area contributed by atoms with Crippen LogP contribution in [0.5, 0.6) is 5.75 Å². The molecule has 1 fully saturated rings. The summed E-state index contributed by atoms with van der Waals surface area (Å²) in [6.45, 7) is 4.73. The number of anilines is 1. The Morgan fingerprint density at radius 3 is 2.83 bits per heavy atom. The van der Waals surface area contributed by atoms with Gasteiger partial charge in [0.1, 0.15) is 5.75 Å². The maximum absolute atomic E-state index is 12.0. The molecule has 18 heavy (non-hydrogen) atoms. The molecule has 0 aliphatic heterocycles. The van der Waals surface area contributed by atoms with Gasteiger partial charge in [-0.2, -0.15) is 0 Å². The van der Waals surface area contributed by atoms with Gasteiger partial charge in [-0.05, 0) is 38.3 Å². The van der Waals surface area contributed by atoms with Gasteiger partial charge in [-0.25, -0.2) is 0 Å². The molecule has 1 aromatic carbocycles. The van der Waals surface area contributed by atoms with Crippen molar-refractivity contribution in [3.8, 4) is 5.75 Å². The number of para-hydroxylation sites is 1. The lowest BCUT2D eigenvalue weighted by atomic mass is 10.2. The van der Waals surface area contributed by atoms with E-state index in [1.807, 2.05) is 30.9 Å². The van der Waals surface area contributed by atoms with Crippen LogP contribution < -0.4 is 10.5 Å². The monoisotopic (exact) mass is 248 g/mol. The van der Waals surface area contributed by atoms with Crippen molar-refractivity contribution < 1.29 is 9.53 Å². The predicted molar refractivity (Wildman–Crippen MR) is 71.5 cm³/mol. The molecule has 0 aromatic heterocycles. The Hall–Kier alpha value is -1.71. The Kier molecular flexibility index (Phi) is 3.75. The standard InChI is InChI=1S/C14H20N2O2/c1-3-16(11-7-8-11)13(17)9-18-12-6-4-5-10(2)14(12)15/h4-6,11H,3,7-9,15H2,1-2H3. The molecule has 98 valence electrons. The molecule has 0 saturated heterocycles. The molecular formula is C14H20N2O2. The van der Waals surface area contributed by atoms with Crippen molar-refractivity contribution in [1.82, 2.24) is 4.90 Å². The minimum atomic E-state index is 0.0425. The summed E-state index contributed by atoms with van der Waals surface area (Å²) in [5.74, 6) is 0.635. The van der Waals surface area contributed by atoms with Crippen LogP contribution in [0.15, 0.2) is 18.2 Å². The summed E-state index contributed by atoms with van der Waals surface area (Å²) in [7, 11) is 0. The van der Waals surface area contributed by atoms with E-state index >= 15 is 0 Å². The average Bonchev–Trinajstić information content (AvgIpc) is 3.16. The third-order valence-electron chi connectivity index (χ3n) is 3.28. The number of nitrogens with two attached hydrogens (primary N) is 1. The van der Waals surface area contributed by atoms with Crippen molar-refractivity contribution in [2.45, 2.75) is 32.7 Å². The third kappa shape index (κ3) is 2.75. The Labute approximate surface area is 108 Å². The number of hydrogen-bond acceptors (Lipinski definition) is 3. The summed E-state index contributed by atoms with van der Waals surface area (Å²) < 4.78 is 5.52. The molecule has 1 saturated carbocycles. The van der Waals surface area contributed by atoms with Crippen LogP contribution in [0.4, 0.5) is 5.69 Å². The van der Waals surface area contributed by atoms with Gasteiger partial charge in [0.2, 0.25) is 0 Å². The molecule has 1 amide bonds. The van der Waals surface area contributed by atoms with E-state index in [9.17, 15) is 4.79 Å². The average molecular weight is 248 g/mol. The molecule has 0 spiro atoms. The van der Waals surface area contributed by atoms with Gasteiger partial charge in [0, 0.05) is 12.6 Å². The Bertz CT molecular complexity index is 441. The van der Waals surface area contributed by atoms with E-state index in [1.165, 1.54) is 0 Å². The van der Waals surface area contributed by atoms with E-state index in [0.29, 0.717) is 17.5 Å². The molecule has 4 nitrogen and oxygen atoms in total. The number of ether oxygens (including phenoxy) is 1. The van der Waals surface area contributed by atoms with Crippen LogP contribution in [0.2, 0.25) is 0 Å². The molecule has 0 atom stereocenters. The lowest BCUT2D eigenvalue weighted by Crippen LogP contribution is -2.36. The van der Waals surface area contributed by atoms with E-state index in [4.69, 9.17) is 10.5 Å². The van der Waals surface area contributed by atoms with Gasteiger partial charge in [0.15, 0.2) is 6.61 Å². The van der Waals surface area contributed by atoms with Crippen molar-refractivity contribution in [3.05, 3.63) is 23.8 Å². The molecule has 0 radical (unpaired) electrons. The molecule has 1 aliphatic rings. The molecule has 0 unspecified atom stereocenters. The zero-order valence-corrected chi connectivity index (χ0v) is 11.0. The van der Waals surface area contributed by atoms with Crippen LogP contribution in [-0.4, -0.2) is 30.0 Å². The second kappa shape index (κ2) is 5.29. The number of amides is 1. The normalized spacial score (nSPS) is 14.3. The molecule has 2 rings (SSSR count). The van der Waals surface area contributed by atoms with Gasteiger partial charge in [0.05, 0.1) is 5.69 Å². The number of nitrogen functional groups attached to an aromatic ring is 1. The summed E-state index contributed by atoms with van der Waals surface area (Å²) in [5, 5.41) is 0. The minimum absolute atomic E-state index is 0.0425. The number of aryl methyl sites for hydroxylation is 1. The zero-order chi connectivity index (χ0) is 13.1. The highest BCUT2D eigenvalue weighted by Crippen LogP contribution is 2.27. The van der Waals surface area contributed by atoms with Crippen molar-refractivity contribution >= 4 is 11.6 Å². The number of hydrogen-bond donors (Lipinski definition) is 1. The SMILES string of the molecule is CCN(C(=O)COc1cccc(C)c1N)C1CC1. The molecule has 4 heteroatoms. The minimum Gasteiger partial charge on any atom is -0.482 e. The Morgan fingerprint density at radius 2 is 2.22 bits per heavy atom. The predicted octanol–water partition coefficient (Wildman–Crippen LogP) is 1.97. The smallest absolute Gasteiger partial charge is 0.260 e. The molecule has 0 bridgehead atoms. The highest BCUT2D eigenvalue weighted by atomic mass is 16.5. The van der Waals surface area contributed by atoms with Gasteiger partial charge in [0.25, 0.3) is 5.91 Å². The van der Waals surface area contributed by atoms with Gasteiger partial charge >= 0.3 is 0 Å². The molecule has 1 aliphatic carbocycles. The number of likely N-dealkylation sites (N-methyl/N-ethyl adjacent to an activating group) is 1. The first-order chi connectivity index (χ1) is 8.63. The topological polar surface area (TPSA) is 55.6 Å². The summed E-state index contributed by atoms with van der Waals surface area (Å²) in [5.41, 5.74) is 7.48. The zero-order valence-electron chi connectivity index (χ0n) is 11.0. The fourth-order valence-corrected chi connectivity index (χ4v) is 2.03.